The van der Waals surface area contributed by atoms with Gasteiger partial charge in [0.05, 0.1) is 5.75 Å². The van der Waals surface area contributed by atoms with Gasteiger partial charge < -0.3 is 10.2 Å². The fourth-order valence-corrected chi connectivity index (χ4v) is 4.79. The molecular weight excluding hydrogens is 470 g/mol. The first-order valence-electron chi connectivity index (χ1n) is 10.6. The van der Waals surface area contributed by atoms with E-state index in [9.17, 15) is 14.0 Å². The molecule has 0 radical (unpaired) electrons. The first-order chi connectivity index (χ1) is 15.3. The minimum absolute atomic E-state index is 0.0102. The summed E-state index contributed by atoms with van der Waals surface area (Å²) in [7, 11) is 0. The third kappa shape index (κ3) is 7.68. The molecule has 0 aliphatic rings. The molecule has 0 saturated carbocycles. The highest BCUT2D eigenvalue weighted by Gasteiger charge is 2.29. The molecule has 2 atom stereocenters. The molecule has 2 amide bonds. The van der Waals surface area contributed by atoms with E-state index in [0.717, 1.165) is 17.5 Å². The maximum absolute atomic E-state index is 13.3. The number of nitrogens with one attached hydrogen (secondary N) is 1. The number of rotatable bonds is 11. The zero-order chi connectivity index (χ0) is 23.7. The summed E-state index contributed by atoms with van der Waals surface area (Å²) in [6.07, 6.45) is 1.26. The van der Waals surface area contributed by atoms with Crippen molar-refractivity contribution in [3.8, 4) is 0 Å². The van der Waals surface area contributed by atoms with Crippen molar-refractivity contribution in [3.63, 3.8) is 0 Å². The molecule has 0 aromatic heterocycles. The third-order valence-corrected chi connectivity index (χ3v) is 6.84. The van der Waals surface area contributed by atoms with Crippen molar-refractivity contribution in [1.82, 2.24) is 10.2 Å². The number of carbonyl (C=O) groups is 2. The summed E-state index contributed by atoms with van der Waals surface area (Å²) in [5, 5.41) is 4.08. The number of nitrogens with zero attached hydrogens (tertiary/aromatic N) is 1. The first kappa shape index (κ1) is 26.5. The molecule has 0 fully saturated rings. The second kappa shape index (κ2) is 13.1. The molecule has 0 aliphatic carbocycles. The van der Waals surface area contributed by atoms with Gasteiger partial charge in [-0.05, 0) is 55.2 Å². The van der Waals surface area contributed by atoms with E-state index in [2.05, 4.69) is 5.32 Å². The van der Waals surface area contributed by atoms with Crippen molar-refractivity contribution in [2.24, 2.45) is 0 Å². The normalized spacial score (nSPS) is 12.8. The molecule has 4 nitrogen and oxygen atoms in total. The van der Waals surface area contributed by atoms with Gasteiger partial charge in [-0.15, -0.1) is 11.8 Å². The van der Waals surface area contributed by atoms with Gasteiger partial charge >= 0.3 is 0 Å². The Morgan fingerprint density at radius 1 is 1.06 bits per heavy atom. The average Bonchev–Trinajstić information content (AvgIpc) is 2.76. The Labute approximate surface area is 203 Å². The van der Waals surface area contributed by atoms with E-state index in [1.807, 2.05) is 20.8 Å². The molecule has 0 spiro atoms. The number of hydrogen-bond acceptors (Lipinski definition) is 3. The van der Waals surface area contributed by atoms with Crippen LogP contribution in [-0.2, 0) is 21.9 Å². The zero-order valence-corrected chi connectivity index (χ0v) is 20.9. The van der Waals surface area contributed by atoms with Crippen LogP contribution in [0, 0.1) is 5.82 Å². The summed E-state index contributed by atoms with van der Waals surface area (Å²) in [4.78, 5) is 27.7. The van der Waals surface area contributed by atoms with Crippen LogP contribution in [0.5, 0.6) is 0 Å². The summed E-state index contributed by atoms with van der Waals surface area (Å²) in [5.41, 5.74) is 1.54. The molecule has 0 heterocycles. The summed E-state index contributed by atoms with van der Waals surface area (Å²) in [6, 6.07) is 10.7. The molecule has 0 bridgehead atoms. The van der Waals surface area contributed by atoms with E-state index in [0.29, 0.717) is 22.2 Å². The molecule has 8 heteroatoms. The number of thioether (sulfide) groups is 1. The number of halogens is 3. The van der Waals surface area contributed by atoms with E-state index in [1.54, 1.807) is 35.2 Å². The van der Waals surface area contributed by atoms with Gasteiger partial charge in [0.1, 0.15) is 11.9 Å². The first-order valence-corrected chi connectivity index (χ1v) is 12.5. The largest absolute Gasteiger partial charge is 0.352 e. The fraction of sp³-hybridized carbons (Fsp3) is 0.417. The predicted molar refractivity (Wildman–Crippen MR) is 132 cm³/mol. The SMILES string of the molecule is CC[C@H](C(=O)N[C@@H](C)CC)N(Cc1ccc(F)cc1)C(=O)CSCc1c(Cl)cccc1Cl. The van der Waals surface area contributed by atoms with Crippen LogP contribution in [-0.4, -0.2) is 34.6 Å². The van der Waals surface area contributed by atoms with Gasteiger partial charge in [0, 0.05) is 28.4 Å². The molecule has 2 aromatic rings. The Morgan fingerprint density at radius 3 is 2.25 bits per heavy atom. The highest BCUT2D eigenvalue weighted by molar-refractivity contribution is 7.99. The van der Waals surface area contributed by atoms with Crippen LogP contribution in [0.4, 0.5) is 4.39 Å². The lowest BCUT2D eigenvalue weighted by Crippen LogP contribution is -2.51. The summed E-state index contributed by atoms with van der Waals surface area (Å²) < 4.78 is 13.3. The van der Waals surface area contributed by atoms with Crippen LogP contribution in [0.15, 0.2) is 42.5 Å². The van der Waals surface area contributed by atoms with E-state index in [1.165, 1.54) is 23.9 Å². The van der Waals surface area contributed by atoms with E-state index in [4.69, 9.17) is 23.2 Å². The molecule has 32 heavy (non-hydrogen) atoms. The summed E-state index contributed by atoms with van der Waals surface area (Å²) >= 11 is 13.8. The lowest BCUT2D eigenvalue weighted by Gasteiger charge is -2.31. The minimum atomic E-state index is -0.619. The highest BCUT2D eigenvalue weighted by atomic mass is 35.5. The number of benzene rings is 2. The van der Waals surface area contributed by atoms with Crippen molar-refractivity contribution in [3.05, 3.63) is 69.5 Å². The Hall–Kier alpha value is -1.76. The molecule has 1 N–H and O–H groups in total. The smallest absolute Gasteiger partial charge is 0.243 e. The van der Waals surface area contributed by atoms with Gasteiger partial charge in [0.25, 0.3) is 0 Å². The Morgan fingerprint density at radius 2 is 1.69 bits per heavy atom. The maximum atomic E-state index is 13.3. The van der Waals surface area contributed by atoms with E-state index in [-0.39, 0.29) is 36.0 Å². The van der Waals surface area contributed by atoms with Gasteiger partial charge in [-0.2, -0.15) is 0 Å². The van der Waals surface area contributed by atoms with Crippen molar-refractivity contribution < 1.29 is 14.0 Å². The second-order valence-electron chi connectivity index (χ2n) is 7.58. The van der Waals surface area contributed by atoms with Crippen molar-refractivity contribution in [2.75, 3.05) is 5.75 Å². The molecule has 2 aromatic carbocycles. The van der Waals surface area contributed by atoms with Crippen LogP contribution in [0.1, 0.15) is 44.7 Å². The van der Waals surface area contributed by atoms with Crippen LogP contribution < -0.4 is 5.32 Å². The number of carbonyl (C=O) groups excluding carboxylic acids is 2. The van der Waals surface area contributed by atoms with Crippen LogP contribution >= 0.6 is 35.0 Å². The lowest BCUT2D eigenvalue weighted by atomic mass is 10.1. The van der Waals surface area contributed by atoms with Gasteiger partial charge in [0.2, 0.25) is 11.8 Å². The van der Waals surface area contributed by atoms with E-state index < -0.39 is 6.04 Å². The van der Waals surface area contributed by atoms with Crippen LogP contribution in [0.25, 0.3) is 0 Å². The Kier molecular flexibility index (Phi) is 10.8. The second-order valence-corrected chi connectivity index (χ2v) is 9.38. The topological polar surface area (TPSA) is 49.4 Å². The average molecular weight is 499 g/mol. The Bertz CT molecular complexity index is 891. The van der Waals surface area contributed by atoms with Gasteiger partial charge in [-0.3, -0.25) is 9.59 Å². The Balaban J connectivity index is 2.16. The molecular formula is C24H29Cl2FN2O2S. The standard InChI is InChI=1S/C24H29Cl2FN2O2S/c1-4-16(3)28-24(31)22(5-2)29(13-17-9-11-18(27)12-10-17)23(30)15-32-14-19-20(25)7-6-8-21(19)26/h6-12,16,22H,4-5,13-15H2,1-3H3,(H,28,31)/t16-,22+/m0/s1. The summed E-state index contributed by atoms with van der Waals surface area (Å²) in [5.74, 6) is -0.0640. The van der Waals surface area contributed by atoms with Crippen molar-refractivity contribution >= 4 is 46.8 Å². The molecule has 0 aliphatic heterocycles. The van der Waals surface area contributed by atoms with Gasteiger partial charge in [-0.25, -0.2) is 4.39 Å². The fourth-order valence-electron chi connectivity index (χ4n) is 3.14. The minimum Gasteiger partial charge on any atom is -0.352 e. The van der Waals surface area contributed by atoms with Crippen LogP contribution in [0.3, 0.4) is 0 Å². The van der Waals surface area contributed by atoms with Crippen molar-refractivity contribution in [2.45, 2.75) is 58.0 Å². The molecule has 0 saturated heterocycles. The number of hydrogen-bond donors (Lipinski definition) is 1. The highest BCUT2D eigenvalue weighted by Crippen LogP contribution is 2.28. The quantitative estimate of drug-likeness (QED) is 0.407. The van der Waals surface area contributed by atoms with Gasteiger partial charge in [-0.1, -0.05) is 55.2 Å². The van der Waals surface area contributed by atoms with Gasteiger partial charge in [0.15, 0.2) is 0 Å². The lowest BCUT2D eigenvalue weighted by molar-refractivity contribution is -0.139. The summed E-state index contributed by atoms with van der Waals surface area (Å²) in [6.45, 7) is 6.02. The maximum Gasteiger partial charge on any atom is 0.243 e. The van der Waals surface area contributed by atoms with E-state index >= 15 is 0 Å². The van der Waals surface area contributed by atoms with Crippen LogP contribution in [0.2, 0.25) is 10.0 Å². The van der Waals surface area contributed by atoms with Crippen molar-refractivity contribution in [1.29, 1.82) is 0 Å². The monoisotopic (exact) mass is 498 g/mol. The third-order valence-electron chi connectivity index (χ3n) is 5.19. The zero-order valence-electron chi connectivity index (χ0n) is 18.5. The molecule has 174 valence electrons. The molecule has 2 rings (SSSR count). The predicted octanol–water partition coefficient (Wildman–Crippen LogP) is 6.09. The molecule has 0 unspecified atom stereocenters. The number of amides is 2.